The number of carbonyl (C=O) groups is 3. The summed E-state index contributed by atoms with van der Waals surface area (Å²) >= 11 is 0. The molecule has 8 nitrogen and oxygen atoms in total. The van der Waals surface area contributed by atoms with E-state index in [4.69, 9.17) is 15.2 Å². The summed E-state index contributed by atoms with van der Waals surface area (Å²) in [6.07, 6.45) is 2.97. The monoisotopic (exact) mass is 445 g/mol. The summed E-state index contributed by atoms with van der Waals surface area (Å²) in [5.41, 5.74) is 7.06. The molecule has 0 fully saturated rings. The van der Waals surface area contributed by atoms with Crippen molar-refractivity contribution in [1.82, 2.24) is 0 Å². The predicted octanol–water partition coefficient (Wildman–Crippen LogP) is 3.46. The Bertz CT molecular complexity index is 1170. The van der Waals surface area contributed by atoms with Gasteiger partial charge in [0, 0.05) is 17.8 Å². The van der Waals surface area contributed by atoms with Gasteiger partial charge in [0.15, 0.2) is 6.61 Å². The van der Waals surface area contributed by atoms with Crippen LogP contribution < -0.4 is 25.8 Å². The van der Waals surface area contributed by atoms with Crippen LogP contribution in [0, 0.1) is 0 Å². The van der Waals surface area contributed by atoms with Gasteiger partial charge < -0.3 is 25.8 Å². The van der Waals surface area contributed by atoms with Crippen molar-refractivity contribution >= 4 is 35.2 Å². The van der Waals surface area contributed by atoms with Gasteiger partial charge in [-0.15, -0.1) is 0 Å². The number of benzene rings is 3. The summed E-state index contributed by atoms with van der Waals surface area (Å²) in [5.74, 6) is -0.216. The van der Waals surface area contributed by atoms with Crippen LogP contribution in [0.5, 0.6) is 11.5 Å². The van der Waals surface area contributed by atoms with Gasteiger partial charge >= 0.3 is 0 Å². The maximum atomic E-state index is 12.8. The smallest absolute Gasteiger partial charge is 0.257 e. The van der Waals surface area contributed by atoms with Crippen molar-refractivity contribution in [3.63, 3.8) is 0 Å². The van der Waals surface area contributed by atoms with Crippen molar-refractivity contribution in [2.75, 3.05) is 24.4 Å². The highest BCUT2D eigenvalue weighted by atomic mass is 16.5. The van der Waals surface area contributed by atoms with E-state index >= 15 is 0 Å². The number of nitrogens with one attached hydrogen (secondary N) is 2. The fraction of sp³-hybridized carbons (Fsp3) is 0.0800. The molecule has 0 aliphatic heterocycles. The summed E-state index contributed by atoms with van der Waals surface area (Å²) in [6, 6.07) is 20.5. The number of para-hydroxylation sites is 1. The summed E-state index contributed by atoms with van der Waals surface area (Å²) in [4.78, 5) is 35.9. The van der Waals surface area contributed by atoms with Crippen molar-refractivity contribution < 1.29 is 23.9 Å². The van der Waals surface area contributed by atoms with Crippen LogP contribution in [0.15, 0.2) is 78.9 Å². The Morgan fingerprint density at radius 2 is 1.67 bits per heavy atom. The number of amides is 3. The lowest BCUT2D eigenvalue weighted by Gasteiger charge is -2.11. The zero-order valence-electron chi connectivity index (χ0n) is 17.9. The second-order valence-electron chi connectivity index (χ2n) is 6.88. The third-order valence-electron chi connectivity index (χ3n) is 4.45. The number of primary amides is 1. The van der Waals surface area contributed by atoms with Crippen LogP contribution in [-0.2, 0) is 9.59 Å². The topological polar surface area (TPSA) is 120 Å². The van der Waals surface area contributed by atoms with Crippen molar-refractivity contribution in [3.05, 3.63) is 90.0 Å². The highest BCUT2D eigenvalue weighted by Gasteiger charge is 2.13. The first-order chi connectivity index (χ1) is 15.9. The predicted molar refractivity (Wildman–Crippen MR) is 126 cm³/mol. The summed E-state index contributed by atoms with van der Waals surface area (Å²) in [6.45, 7) is -0.206. The SMILES string of the molecule is COc1cccc(NC(=O)c2ccccc2NC(=O)/C=C/c2ccc(OCC(N)=O)cc2)c1. The van der Waals surface area contributed by atoms with Crippen molar-refractivity contribution in [2.24, 2.45) is 5.73 Å². The van der Waals surface area contributed by atoms with Crippen molar-refractivity contribution in [2.45, 2.75) is 0 Å². The Morgan fingerprint density at radius 3 is 2.39 bits per heavy atom. The maximum Gasteiger partial charge on any atom is 0.257 e. The minimum atomic E-state index is -0.562. The first-order valence-corrected chi connectivity index (χ1v) is 9.99. The number of hydrogen-bond donors (Lipinski definition) is 3. The van der Waals surface area contributed by atoms with E-state index in [0.717, 1.165) is 5.56 Å². The normalized spacial score (nSPS) is 10.5. The van der Waals surface area contributed by atoms with Crippen molar-refractivity contribution in [1.29, 1.82) is 0 Å². The highest BCUT2D eigenvalue weighted by molar-refractivity contribution is 6.11. The van der Waals surface area contributed by atoms with E-state index in [1.165, 1.54) is 6.08 Å². The average Bonchev–Trinajstić information content (AvgIpc) is 2.82. The van der Waals surface area contributed by atoms with Gasteiger partial charge in [0.2, 0.25) is 5.91 Å². The summed E-state index contributed by atoms with van der Waals surface area (Å²) < 4.78 is 10.4. The molecule has 0 aromatic heterocycles. The van der Waals surface area contributed by atoms with E-state index in [1.807, 2.05) is 0 Å². The second-order valence-corrected chi connectivity index (χ2v) is 6.88. The maximum absolute atomic E-state index is 12.8. The van der Waals surface area contributed by atoms with Crippen LogP contribution >= 0.6 is 0 Å². The zero-order valence-corrected chi connectivity index (χ0v) is 17.9. The largest absolute Gasteiger partial charge is 0.497 e. The first kappa shape index (κ1) is 23.1. The minimum absolute atomic E-state index is 0.206. The Hall–Kier alpha value is -4.59. The van der Waals surface area contributed by atoms with Crippen LogP contribution in [0.25, 0.3) is 6.08 Å². The number of anilines is 2. The standard InChI is InChI=1S/C25H23N3O5/c1-32-20-6-4-5-18(15-20)27-25(31)21-7-2-3-8-22(21)28-24(30)14-11-17-9-12-19(13-10-17)33-16-23(26)29/h2-15H,16H2,1H3,(H2,26,29)(H,27,31)(H,28,30)/b14-11+. The molecule has 0 saturated heterocycles. The molecule has 0 bridgehead atoms. The lowest BCUT2D eigenvalue weighted by molar-refractivity contribution is -0.120. The molecule has 3 aromatic carbocycles. The lowest BCUT2D eigenvalue weighted by atomic mass is 10.1. The number of methoxy groups -OCH3 is 1. The molecule has 0 aliphatic carbocycles. The van der Waals surface area contributed by atoms with Gasteiger partial charge in [-0.3, -0.25) is 14.4 Å². The van der Waals surface area contributed by atoms with Crippen LogP contribution in [-0.4, -0.2) is 31.4 Å². The van der Waals surface area contributed by atoms with Gasteiger partial charge in [0.25, 0.3) is 11.8 Å². The third-order valence-corrected chi connectivity index (χ3v) is 4.45. The van der Waals surface area contributed by atoms with E-state index < -0.39 is 11.8 Å². The minimum Gasteiger partial charge on any atom is -0.497 e. The molecular weight excluding hydrogens is 422 g/mol. The Labute approximate surface area is 191 Å². The number of ether oxygens (including phenoxy) is 2. The lowest BCUT2D eigenvalue weighted by Crippen LogP contribution is -2.19. The molecule has 0 saturated carbocycles. The molecule has 33 heavy (non-hydrogen) atoms. The van der Waals surface area contributed by atoms with E-state index in [0.29, 0.717) is 28.4 Å². The molecule has 3 rings (SSSR count). The Kier molecular flexibility index (Phi) is 7.80. The van der Waals surface area contributed by atoms with Crippen LogP contribution in [0.3, 0.4) is 0 Å². The molecule has 0 unspecified atom stereocenters. The fourth-order valence-electron chi connectivity index (χ4n) is 2.87. The van der Waals surface area contributed by atoms with Crippen LogP contribution in [0.2, 0.25) is 0 Å². The molecule has 0 aliphatic rings. The van der Waals surface area contributed by atoms with Gasteiger partial charge in [-0.2, -0.15) is 0 Å². The molecule has 0 atom stereocenters. The summed E-state index contributed by atoms with van der Waals surface area (Å²) in [7, 11) is 1.55. The van der Waals surface area contributed by atoms with Gasteiger partial charge in [0.1, 0.15) is 11.5 Å². The van der Waals surface area contributed by atoms with Gasteiger partial charge in [-0.1, -0.05) is 30.3 Å². The zero-order chi connectivity index (χ0) is 23.6. The Morgan fingerprint density at radius 1 is 0.909 bits per heavy atom. The molecule has 3 amide bonds. The molecule has 4 N–H and O–H groups in total. The van der Waals surface area contributed by atoms with Crippen molar-refractivity contribution in [3.8, 4) is 11.5 Å². The number of nitrogens with two attached hydrogens (primary N) is 1. The van der Waals surface area contributed by atoms with E-state index in [9.17, 15) is 14.4 Å². The van der Waals surface area contributed by atoms with Gasteiger partial charge in [-0.25, -0.2) is 0 Å². The molecule has 3 aromatic rings. The number of carbonyl (C=O) groups excluding carboxylic acids is 3. The third kappa shape index (κ3) is 6.96. The Balaban J connectivity index is 1.64. The number of hydrogen-bond acceptors (Lipinski definition) is 5. The highest BCUT2D eigenvalue weighted by Crippen LogP contribution is 2.21. The molecule has 0 heterocycles. The van der Waals surface area contributed by atoms with Crippen LogP contribution in [0.1, 0.15) is 15.9 Å². The van der Waals surface area contributed by atoms with Gasteiger partial charge in [-0.05, 0) is 48.0 Å². The van der Waals surface area contributed by atoms with Crippen LogP contribution in [0.4, 0.5) is 11.4 Å². The molecule has 0 spiro atoms. The first-order valence-electron chi connectivity index (χ1n) is 9.99. The second kappa shape index (κ2) is 11.1. The average molecular weight is 445 g/mol. The molecule has 0 radical (unpaired) electrons. The number of rotatable bonds is 9. The van der Waals surface area contributed by atoms with E-state index in [-0.39, 0.29) is 12.5 Å². The van der Waals surface area contributed by atoms with E-state index in [2.05, 4.69) is 10.6 Å². The summed E-state index contributed by atoms with van der Waals surface area (Å²) in [5, 5.41) is 5.52. The fourth-order valence-corrected chi connectivity index (χ4v) is 2.87. The molecule has 168 valence electrons. The molecule has 8 heteroatoms. The molecular formula is C25H23N3O5. The quantitative estimate of drug-likeness (QED) is 0.436. The van der Waals surface area contributed by atoms with Gasteiger partial charge in [0.05, 0.1) is 18.4 Å². The van der Waals surface area contributed by atoms with E-state index in [1.54, 1.807) is 86.0 Å².